The third-order valence-corrected chi connectivity index (χ3v) is 3.01. The van der Waals surface area contributed by atoms with E-state index in [0.29, 0.717) is 19.2 Å². The van der Waals surface area contributed by atoms with Gasteiger partial charge in [0.15, 0.2) is 0 Å². The second-order valence-electron chi connectivity index (χ2n) is 4.48. The molecule has 0 bridgehead atoms. The van der Waals surface area contributed by atoms with Crippen molar-refractivity contribution < 1.29 is 9.47 Å². The molecule has 1 aromatic carbocycles. The molecule has 2 N–H and O–H groups in total. The molecule has 0 heterocycles. The maximum absolute atomic E-state index is 5.71. The molecule has 0 fully saturated rings. The van der Waals surface area contributed by atoms with Crippen molar-refractivity contribution in [2.75, 3.05) is 33.9 Å². The Balaban J connectivity index is 2.32. The molecule has 0 aromatic heterocycles. The molecule has 102 valence electrons. The van der Waals surface area contributed by atoms with Crippen LogP contribution < -0.4 is 10.5 Å². The van der Waals surface area contributed by atoms with Gasteiger partial charge in [0, 0.05) is 26.2 Å². The first-order valence-corrected chi connectivity index (χ1v) is 6.28. The molecule has 1 aromatic rings. The van der Waals surface area contributed by atoms with E-state index in [0.717, 1.165) is 24.5 Å². The van der Waals surface area contributed by atoms with E-state index in [4.69, 9.17) is 15.2 Å². The van der Waals surface area contributed by atoms with Crippen molar-refractivity contribution in [1.29, 1.82) is 0 Å². The van der Waals surface area contributed by atoms with Crippen LogP contribution in [0.25, 0.3) is 0 Å². The maximum Gasteiger partial charge on any atom is 0.119 e. The Morgan fingerprint density at radius 2 is 2.17 bits per heavy atom. The first-order valence-electron chi connectivity index (χ1n) is 6.28. The van der Waals surface area contributed by atoms with Crippen LogP contribution in [0, 0.1) is 0 Å². The van der Waals surface area contributed by atoms with Gasteiger partial charge in [0.25, 0.3) is 0 Å². The van der Waals surface area contributed by atoms with Crippen LogP contribution in [0.3, 0.4) is 0 Å². The lowest BCUT2D eigenvalue weighted by Gasteiger charge is -2.23. The first kappa shape index (κ1) is 15.0. The lowest BCUT2D eigenvalue weighted by Crippen LogP contribution is -2.35. The molecule has 18 heavy (non-hydrogen) atoms. The third-order valence-electron chi connectivity index (χ3n) is 3.01. The predicted octanol–water partition coefficient (Wildman–Crippen LogP) is 1.49. The molecule has 1 unspecified atom stereocenters. The van der Waals surface area contributed by atoms with Crippen LogP contribution in [0.2, 0.25) is 0 Å². The summed E-state index contributed by atoms with van der Waals surface area (Å²) in [5.41, 5.74) is 6.68. The van der Waals surface area contributed by atoms with Gasteiger partial charge in [0.1, 0.15) is 12.4 Å². The topological polar surface area (TPSA) is 47.7 Å². The summed E-state index contributed by atoms with van der Waals surface area (Å²) in [6.45, 7) is 4.95. The molecule has 0 radical (unpaired) electrons. The maximum atomic E-state index is 5.71. The van der Waals surface area contributed by atoms with Gasteiger partial charge in [-0.15, -0.1) is 0 Å². The molecule has 0 saturated heterocycles. The molecule has 0 amide bonds. The summed E-state index contributed by atoms with van der Waals surface area (Å²) in [6, 6.07) is 8.30. The van der Waals surface area contributed by atoms with Crippen LogP contribution in [0.5, 0.6) is 5.75 Å². The van der Waals surface area contributed by atoms with Crippen LogP contribution in [0.1, 0.15) is 12.5 Å². The molecular weight excluding hydrogens is 228 g/mol. The minimum atomic E-state index is 0.397. The van der Waals surface area contributed by atoms with E-state index in [9.17, 15) is 0 Å². The lowest BCUT2D eigenvalue weighted by atomic mass is 10.2. The Kier molecular flexibility index (Phi) is 6.72. The van der Waals surface area contributed by atoms with Crippen molar-refractivity contribution in [3.63, 3.8) is 0 Å². The molecule has 0 aliphatic rings. The normalized spacial score (nSPS) is 12.7. The van der Waals surface area contributed by atoms with Crippen LogP contribution in [-0.4, -0.2) is 44.9 Å². The summed E-state index contributed by atoms with van der Waals surface area (Å²) < 4.78 is 10.8. The SMILES string of the molecule is COCC(C)N(C)CCOc1cccc(CN)c1. The van der Waals surface area contributed by atoms with Crippen molar-refractivity contribution in [3.8, 4) is 5.75 Å². The molecule has 0 saturated carbocycles. The van der Waals surface area contributed by atoms with Gasteiger partial charge in [-0.25, -0.2) is 0 Å². The highest BCUT2D eigenvalue weighted by Crippen LogP contribution is 2.12. The molecule has 0 spiro atoms. The summed E-state index contributed by atoms with van der Waals surface area (Å²) in [5.74, 6) is 0.880. The smallest absolute Gasteiger partial charge is 0.119 e. The van der Waals surface area contributed by atoms with E-state index >= 15 is 0 Å². The fourth-order valence-electron chi connectivity index (χ4n) is 1.66. The summed E-state index contributed by atoms with van der Waals surface area (Å²) in [5, 5.41) is 0. The monoisotopic (exact) mass is 252 g/mol. The van der Waals surface area contributed by atoms with Gasteiger partial charge < -0.3 is 15.2 Å². The second-order valence-corrected chi connectivity index (χ2v) is 4.48. The van der Waals surface area contributed by atoms with Crippen molar-refractivity contribution in [2.24, 2.45) is 5.73 Å². The molecule has 1 rings (SSSR count). The fraction of sp³-hybridized carbons (Fsp3) is 0.571. The average Bonchev–Trinajstić information content (AvgIpc) is 2.39. The summed E-state index contributed by atoms with van der Waals surface area (Å²) in [6.07, 6.45) is 0. The van der Waals surface area contributed by atoms with E-state index in [1.54, 1.807) is 7.11 Å². The van der Waals surface area contributed by atoms with E-state index in [1.807, 2.05) is 24.3 Å². The number of ether oxygens (including phenoxy) is 2. The number of nitrogens with two attached hydrogens (primary N) is 1. The Bertz CT molecular complexity index is 344. The molecule has 4 nitrogen and oxygen atoms in total. The quantitative estimate of drug-likeness (QED) is 0.761. The summed E-state index contributed by atoms with van der Waals surface area (Å²) in [7, 11) is 3.79. The molecule has 1 atom stereocenters. The van der Waals surface area contributed by atoms with E-state index in [-0.39, 0.29) is 0 Å². The highest BCUT2D eigenvalue weighted by Gasteiger charge is 2.08. The number of rotatable bonds is 8. The number of methoxy groups -OCH3 is 1. The first-order chi connectivity index (χ1) is 8.67. The van der Waals surface area contributed by atoms with E-state index < -0.39 is 0 Å². The summed E-state index contributed by atoms with van der Waals surface area (Å²) in [4.78, 5) is 2.22. The number of likely N-dealkylation sites (N-methyl/N-ethyl adjacent to an activating group) is 1. The highest BCUT2D eigenvalue weighted by atomic mass is 16.5. The van der Waals surface area contributed by atoms with Gasteiger partial charge in [-0.05, 0) is 31.7 Å². The Hall–Kier alpha value is -1.10. The summed E-state index contributed by atoms with van der Waals surface area (Å²) >= 11 is 0. The Labute approximate surface area is 110 Å². The average molecular weight is 252 g/mol. The Morgan fingerprint density at radius 1 is 1.39 bits per heavy atom. The van der Waals surface area contributed by atoms with Crippen LogP contribution in [0.15, 0.2) is 24.3 Å². The zero-order valence-electron chi connectivity index (χ0n) is 11.6. The standard InChI is InChI=1S/C14H24N2O2/c1-12(11-17-3)16(2)7-8-18-14-6-4-5-13(9-14)10-15/h4-6,9,12H,7-8,10-11,15H2,1-3H3. The second kappa shape index (κ2) is 8.08. The van der Waals surface area contributed by atoms with Crippen molar-refractivity contribution in [2.45, 2.75) is 19.5 Å². The minimum absolute atomic E-state index is 0.397. The highest BCUT2D eigenvalue weighted by molar-refractivity contribution is 5.28. The van der Waals surface area contributed by atoms with Gasteiger partial charge in [-0.1, -0.05) is 12.1 Å². The minimum Gasteiger partial charge on any atom is -0.492 e. The van der Waals surface area contributed by atoms with Gasteiger partial charge in [0.05, 0.1) is 6.61 Å². The van der Waals surface area contributed by atoms with Crippen LogP contribution in [-0.2, 0) is 11.3 Å². The van der Waals surface area contributed by atoms with Crippen LogP contribution >= 0.6 is 0 Å². The zero-order chi connectivity index (χ0) is 13.4. The number of hydrogen-bond acceptors (Lipinski definition) is 4. The Morgan fingerprint density at radius 3 is 2.83 bits per heavy atom. The van der Waals surface area contributed by atoms with Gasteiger partial charge >= 0.3 is 0 Å². The lowest BCUT2D eigenvalue weighted by molar-refractivity contribution is 0.105. The molecule has 0 aliphatic carbocycles. The number of benzene rings is 1. The zero-order valence-corrected chi connectivity index (χ0v) is 11.6. The molecule has 4 heteroatoms. The largest absolute Gasteiger partial charge is 0.492 e. The van der Waals surface area contributed by atoms with Crippen molar-refractivity contribution >= 4 is 0 Å². The molecular formula is C14H24N2O2. The van der Waals surface area contributed by atoms with Gasteiger partial charge in [-0.3, -0.25) is 4.90 Å². The van der Waals surface area contributed by atoms with Crippen molar-refractivity contribution in [3.05, 3.63) is 29.8 Å². The van der Waals surface area contributed by atoms with E-state index in [1.165, 1.54) is 0 Å². The van der Waals surface area contributed by atoms with Crippen LogP contribution in [0.4, 0.5) is 0 Å². The van der Waals surface area contributed by atoms with Crippen molar-refractivity contribution in [1.82, 2.24) is 4.90 Å². The number of nitrogens with zero attached hydrogens (tertiary/aromatic N) is 1. The fourth-order valence-corrected chi connectivity index (χ4v) is 1.66. The predicted molar refractivity (Wildman–Crippen MR) is 73.8 cm³/mol. The number of hydrogen-bond donors (Lipinski definition) is 1. The van der Waals surface area contributed by atoms with Gasteiger partial charge in [0.2, 0.25) is 0 Å². The van der Waals surface area contributed by atoms with Gasteiger partial charge in [-0.2, -0.15) is 0 Å². The third kappa shape index (κ3) is 5.04. The molecule has 0 aliphatic heterocycles. The van der Waals surface area contributed by atoms with E-state index in [2.05, 4.69) is 18.9 Å².